The van der Waals surface area contributed by atoms with E-state index >= 15 is 0 Å². The van der Waals surface area contributed by atoms with Crippen LogP contribution in [0.2, 0.25) is 0 Å². The third-order valence-electron chi connectivity index (χ3n) is 5.40. The maximum Gasteiger partial charge on any atom is 0.225 e. The molecule has 2 aliphatic rings. The summed E-state index contributed by atoms with van der Waals surface area (Å²) >= 11 is 0. The molecule has 2 saturated heterocycles. The molecule has 2 heterocycles. The van der Waals surface area contributed by atoms with Crippen LogP contribution in [0.5, 0.6) is 5.75 Å². The van der Waals surface area contributed by atoms with Crippen molar-refractivity contribution in [3.63, 3.8) is 0 Å². The fourth-order valence-corrected chi connectivity index (χ4v) is 3.74. The monoisotopic (exact) mass is 380 g/mol. The van der Waals surface area contributed by atoms with Gasteiger partial charge in [-0.1, -0.05) is 48.0 Å². The molecule has 2 aromatic rings. The number of likely N-dealkylation sites (tertiary alicyclic amines) is 1. The summed E-state index contributed by atoms with van der Waals surface area (Å²) < 4.78 is 11.8. The second kappa shape index (κ2) is 8.76. The Bertz CT molecular complexity index is 772. The van der Waals surface area contributed by atoms with Crippen LogP contribution in [-0.2, 0) is 16.1 Å². The van der Waals surface area contributed by atoms with E-state index in [1.54, 1.807) is 0 Å². The lowest BCUT2D eigenvalue weighted by atomic mass is 10.1. The Kier molecular flexibility index (Phi) is 5.93. The Hall–Kier alpha value is -2.37. The zero-order valence-electron chi connectivity index (χ0n) is 16.4. The number of ether oxygens (including phenoxy) is 2. The van der Waals surface area contributed by atoms with E-state index in [-0.39, 0.29) is 18.1 Å². The predicted molar refractivity (Wildman–Crippen MR) is 108 cm³/mol. The van der Waals surface area contributed by atoms with E-state index in [1.165, 1.54) is 11.1 Å². The molecule has 28 heavy (non-hydrogen) atoms. The van der Waals surface area contributed by atoms with Gasteiger partial charge in [0.2, 0.25) is 5.91 Å². The second-order valence-corrected chi connectivity index (χ2v) is 7.77. The summed E-state index contributed by atoms with van der Waals surface area (Å²) in [7, 11) is 0. The average molecular weight is 380 g/mol. The molecule has 5 heteroatoms. The van der Waals surface area contributed by atoms with Crippen molar-refractivity contribution in [3.05, 3.63) is 65.7 Å². The first kappa shape index (κ1) is 19.0. The van der Waals surface area contributed by atoms with Crippen molar-refractivity contribution < 1.29 is 14.3 Å². The minimum atomic E-state index is -0.0259. The minimum absolute atomic E-state index is 0.0259. The predicted octanol–water partition coefficient (Wildman–Crippen LogP) is 2.88. The number of hydrogen-bond acceptors (Lipinski definition) is 4. The van der Waals surface area contributed by atoms with E-state index in [4.69, 9.17) is 9.47 Å². The van der Waals surface area contributed by atoms with Crippen LogP contribution in [0, 0.1) is 6.92 Å². The molecule has 0 unspecified atom stereocenters. The zero-order chi connectivity index (χ0) is 19.3. The third-order valence-corrected chi connectivity index (χ3v) is 5.40. The van der Waals surface area contributed by atoms with Crippen molar-refractivity contribution in [1.82, 2.24) is 9.80 Å². The van der Waals surface area contributed by atoms with Gasteiger partial charge in [0, 0.05) is 19.6 Å². The highest BCUT2D eigenvalue weighted by Crippen LogP contribution is 2.21. The van der Waals surface area contributed by atoms with Gasteiger partial charge in [0.15, 0.2) is 0 Å². The number of aryl methyl sites for hydroxylation is 1. The smallest absolute Gasteiger partial charge is 0.225 e. The molecular weight excluding hydrogens is 352 g/mol. The lowest BCUT2D eigenvalue weighted by Crippen LogP contribution is -2.57. The van der Waals surface area contributed by atoms with Gasteiger partial charge in [-0.2, -0.15) is 0 Å². The summed E-state index contributed by atoms with van der Waals surface area (Å²) in [6, 6.07) is 18.5. The SMILES string of the molecule is Cc1ccc(OC2CN(C(=O)C[C@H]3CN(Cc4ccccc4)CCO3)C2)cc1. The molecule has 0 radical (unpaired) electrons. The van der Waals surface area contributed by atoms with Gasteiger partial charge in [-0.15, -0.1) is 0 Å². The van der Waals surface area contributed by atoms with E-state index in [9.17, 15) is 4.79 Å². The first-order valence-corrected chi connectivity index (χ1v) is 10.0. The number of carbonyl (C=O) groups is 1. The van der Waals surface area contributed by atoms with Crippen molar-refractivity contribution >= 4 is 5.91 Å². The molecule has 0 saturated carbocycles. The van der Waals surface area contributed by atoms with Crippen molar-refractivity contribution in [1.29, 1.82) is 0 Å². The molecule has 2 aromatic carbocycles. The molecule has 5 nitrogen and oxygen atoms in total. The van der Waals surface area contributed by atoms with Crippen molar-refractivity contribution in [3.8, 4) is 5.75 Å². The number of carbonyl (C=O) groups excluding carboxylic acids is 1. The molecule has 1 amide bonds. The van der Waals surface area contributed by atoms with Crippen LogP contribution >= 0.6 is 0 Å². The van der Waals surface area contributed by atoms with E-state index < -0.39 is 0 Å². The quantitative estimate of drug-likeness (QED) is 0.773. The number of hydrogen-bond donors (Lipinski definition) is 0. The van der Waals surface area contributed by atoms with Gasteiger partial charge in [-0.05, 0) is 24.6 Å². The summed E-state index contributed by atoms with van der Waals surface area (Å²) in [5.41, 5.74) is 2.51. The van der Waals surface area contributed by atoms with Crippen LogP contribution < -0.4 is 4.74 Å². The van der Waals surface area contributed by atoms with Crippen LogP contribution in [0.4, 0.5) is 0 Å². The normalized spacial score (nSPS) is 20.6. The molecule has 2 fully saturated rings. The van der Waals surface area contributed by atoms with E-state index in [0.29, 0.717) is 26.1 Å². The standard InChI is InChI=1S/C23H28N2O3/c1-18-7-9-20(10-8-18)28-22-16-25(17-22)23(26)13-21-15-24(11-12-27-21)14-19-5-3-2-4-6-19/h2-10,21-22H,11-17H2,1H3/t21-/m0/s1. The second-order valence-electron chi connectivity index (χ2n) is 7.77. The molecule has 0 aromatic heterocycles. The molecule has 4 rings (SSSR count). The molecule has 0 N–H and O–H groups in total. The van der Waals surface area contributed by atoms with E-state index in [1.807, 2.05) is 35.2 Å². The van der Waals surface area contributed by atoms with Crippen molar-refractivity contribution in [2.45, 2.75) is 32.1 Å². The van der Waals surface area contributed by atoms with Crippen molar-refractivity contribution in [2.75, 3.05) is 32.8 Å². The Labute approximate surface area is 166 Å². The average Bonchev–Trinajstić information content (AvgIpc) is 2.67. The van der Waals surface area contributed by atoms with Gasteiger partial charge in [0.05, 0.1) is 32.2 Å². The van der Waals surface area contributed by atoms with Crippen LogP contribution in [0.3, 0.4) is 0 Å². The molecule has 148 valence electrons. The maximum absolute atomic E-state index is 12.6. The molecule has 0 bridgehead atoms. The number of benzene rings is 2. The Balaban J connectivity index is 1.20. The highest BCUT2D eigenvalue weighted by Gasteiger charge is 2.34. The highest BCUT2D eigenvalue weighted by molar-refractivity contribution is 5.77. The van der Waals surface area contributed by atoms with Gasteiger partial charge in [-0.25, -0.2) is 0 Å². The fraction of sp³-hybridized carbons (Fsp3) is 0.435. The first-order chi connectivity index (χ1) is 13.7. The number of rotatable bonds is 6. The largest absolute Gasteiger partial charge is 0.487 e. The van der Waals surface area contributed by atoms with Gasteiger partial charge in [0.1, 0.15) is 11.9 Å². The summed E-state index contributed by atoms with van der Waals surface area (Å²) in [6.45, 7) is 6.69. The first-order valence-electron chi connectivity index (χ1n) is 10.0. The van der Waals surface area contributed by atoms with Crippen LogP contribution in [0.25, 0.3) is 0 Å². The summed E-state index contributed by atoms with van der Waals surface area (Å²) in [5, 5.41) is 0. The number of nitrogens with zero attached hydrogens (tertiary/aromatic N) is 2. The van der Waals surface area contributed by atoms with Crippen molar-refractivity contribution in [2.24, 2.45) is 0 Å². The summed E-state index contributed by atoms with van der Waals surface area (Å²) in [6.07, 6.45) is 0.512. The third kappa shape index (κ3) is 4.91. The number of amides is 1. The summed E-state index contributed by atoms with van der Waals surface area (Å²) in [5.74, 6) is 1.03. The molecule has 0 spiro atoms. The van der Waals surface area contributed by atoms with E-state index in [0.717, 1.165) is 25.4 Å². The fourth-order valence-electron chi connectivity index (χ4n) is 3.74. The lowest BCUT2D eigenvalue weighted by Gasteiger charge is -2.40. The molecular formula is C23H28N2O3. The van der Waals surface area contributed by atoms with E-state index in [2.05, 4.69) is 36.1 Å². The van der Waals surface area contributed by atoms with Crippen LogP contribution in [0.15, 0.2) is 54.6 Å². The van der Waals surface area contributed by atoms with Gasteiger partial charge < -0.3 is 14.4 Å². The van der Waals surface area contributed by atoms with Crippen LogP contribution in [0.1, 0.15) is 17.5 Å². The topological polar surface area (TPSA) is 42.0 Å². The number of morpholine rings is 1. The van der Waals surface area contributed by atoms with Crippen LogP contribution in [-0.4, -0.2) is 60.7 Å². The summed E-state index contributed by atoms with van der Waals surface area (Å²) in [4.78, 5) is 16.8. The van der Waals surface area contributed by atoms with Gasteiger partial charge in [0.25, 0.3) is 0 Å². The maximum atomic E-state index is 12.6. The zero-order valence-corrected chi connectivity index (χ0v) is 16.4. The minimum Gasteiger partial charge on any atom is -0.487 e. The lowest BCUT2D eigenvalue weighted by molar-refractivity contribution is -0.145. The Morgan fingerprint density at radius 1 is 1.07 bits per heavy atom. The Morgan fingerprint density at radius 3 is 2.57 bits per heavy atom. The van der Waals surface area contributed by atoms with Gasteiger partial charge >= 0.3 is 0 Å². The molecule has 2 aliphatic heterocycles. The van der Waals surface area contributed by atoms with Gasteiger partial charge in [-0.3, -0.25) is 9.69 Å². The Morgan fingerprint density at radius 2 is 1.82 bits per heavy atom. The molecule has 0 aliphatic carbocycles. The highest BCUT2D eigenvalue weighted by atomic mass is 16.5. The molecule has 1 atom stereocenters.